The van der Waals surface area contributed by atoms with Crippen molar-refractivity contribution in [2.75, 3.05) is 20.6 Å². The molecule has 0 unspecified atom stereocenters. The number of hydrogen-bond donors (Lipinski definition) is 0. The van der Waals surface area contributed by atoms with Crippen LogP contribution in [0.3, 0.4) is 0 Å². The van der Waals surface area contributed by atoms with Crippen LogP contribution >= 0.6 is 0 Å². The molecule has 1 aliphatic heterocycles. The molecule has 0 bridgehead atoms. The first-order chi connectivity index (χ1) is 10.6. The summed E-state index contributed by atoms with van der Waals surface area (Å²) in [6.07, 6.45) is 8.05. The zero-order valence-corrected chi connectivity index (χ0v) is 13.6. The number of rotatable bonds is 5. The highest BCUT2D eigenvalue weighted by Crippen LogP contribution is 2.30. The highest BCUT2D eigenvalue weighted by molar-refractivity contribution is 5.07. The third-order valence-corrected chi connectivity index (χ3v) is 4.14. The molecule has 6 nitrogen and oxygen atoms in total. The molecule has 0 amide bonds. The highest BCUT2D eigenvalue weighted by Gasteiger charge is 2.29. The quantitative estimate of drug-likeness (QED) is 0.839. The van der Waals surface area contributed by atoms with Gasteiger partial charge in [-0.05, 0) is 39.5 Å². The summed E-state index contributed by atoms with van der Waals surface area (Å²) in [6, 6.07) is 2.31. The average Bonchev–Trinajstić information content (AvgIpc) is 3.09. The zero-order chi connectivity index (χ0) is 15.5. The number of likely N-dealkylation sites (tertiary alicyclic amines) is 1. The van der Waals surface area contributed by atoms with Crippen molar-refractivity contribution < 1.29 is 0 Å². The number of hydrogen-bond acceptors (Lipinski definition) is 5. The molecule has 0 spiro atoms. The van der Waals surface area contributed by atoms with Crippen LogP contribution < -0.4 is 0 Å². The first-order valence-corrected chi connectivity index (χ1v) is 7.80. The van der Waals surface area contributed by atoms with Gasteiger partial charge in [0.05, 0.1) is 18.3 Å². The van der Waals surface area contributed by atoms with Gasteiger partial charge in [-0.25, -0.2) is 15.0 Å². The molecule has 1 atom stereocenters. The Bertz CT molecular complexity index is 621. The van der Waals surface area contributed by atoms with Crippen LogP contribution in [0.4, 0.5) is 0 Å². The Hall–Kier alpha value is -1.79. The van der Waals surface area contributed by atoms with Crippen LogP contribution in [0.2, 0.25) is 0 Å². The molecule has 0 aromatic carbocycles. The van der Waals surface area contributed by atoms with Crippen molar-refractivity contribution in [3.8, 4) is 0 Å². The Morgan fingerprint density at radius 3 is 2.86 bits per heavy atom. The third-order valence-electron chi connectivity index (χ3n) is 4.14. The fourth-order valence-corrected chi connectivity index (χ4v) is 3.02. The van der Waals surface area contributed by atoms with E-state index in [0.29, 0.717) is 6.04 Å². The predicted molar refractivity (Wildman–Crippen MR) is 85.0 cm³/mol. The number of imidazole rings is 1. The lowest BCUT2D eigenvalue weighted by Crippen LogP contribution is -2.26. The van der Waals surface area contributed by atoms with Crippen LogP contribution in [-0.2, 0) is 20.1 Å². The minimum Gasteiger partial charge on any atom is -0.337 e. The minimum absolute atomic E-state index is 0.304. The normalized spacial score (nSPS) is 19.2. The molecule has 0 saturated carbocycles. The fourth-order valence-electron chi connectivity index (χ4n) is 3.02. The van der Waals surface area contributed by atoms with Crippen molar-refractivity contribution in [2.24, 2.45) is 7.05 Å². The maximum absolute atomic E-state index is 4.78. The second-order valence-electron chi connectivity index (χ2n) is 6.23. The second kappa shape index (κ2) is 6.54. The molecule has 0 aliphatic carbocycles. The Morgan fingerprint density at radius 1 is 1.27 bits per heavy atom. The molecule has 2 aromatic heterocycles. The van der Waals surface area contributed by atoms with Gasteiger partial charge in [0.2, 0.25) is 0 Å². The molecule has 1 saturated heterocycles. The van der Waals surface area contributed by atoms with Crippen molar-refractivity contribution in [1.82, 2.24) is 29.3 Å². The number of nitrogens with zero attached hydrogens (tertiary/aromatic N) is 6. The van der Waals surface area contributed by atoms with Gasteiger partial charge in [0.25, 0.3) is 0 Å². The van der Waals surface area contributed by atoms with Crippen LogP contribution in [0.1, 0.15) is 36.2 Å². The summed E-state index contributed by atoms with van der Waals surface area (Å²) in [6.45, 7) is 2.79. The van der Waals surface area contributed by atoms with Crippen molar-refractivity contribution in [2.45, 2.75) is 32.0 Å². The van der Waals surface area contributed by atoms with Gasteiger partial charge in [0, 0.05) is 32.2 Å². The average molecular weight is 300 g/mol. The molecule has 3 heterocycles. The zero-order valence-electron chi connectivity index (χ0n) is 13.6. The first-order valence-electron chi connectivity index (χ1n) is 7.80. The van der Waals surface area contributed by atoms with Crippen LogP contribution in [0.25, 0.3) is 0 Å². The second-order valence-corrected chi connectivity index (χ2v) is 6.23. The summed E-state index contributed by atoms with van der Waals surface area (Å²) in [5.74, 6) is 2.04. The molecule has 1 fully saturated rings. The van der Waals surface area contributed by atoms with E-state index in [2.05, 4.69) is 38.4 Å². The van der Waals surface area contributed by atoms with E-state index in [1.807, 2.05) is 31.7 Å². The van der Waals surface area contributed by atoms with Gasteiger partial charge in [0.1, 0.15) is 11.6 Å². The number of aromatic nitrogens is 4. The van der Waals surface area contributed by atoms with E-state index in [1.54, 1.807) is 0 Å². The summed E-state index contributed by atoms with van der Waals surface area (Å²) < 4.78 is 2.08. The summed E-state index contributed by atoms with van der Waals surface area (Å²) in [4.78, 5) is 18.3. The predicted octanol–water partition coefficient (Wildman–Crippen LogP) is 1.61. The van der Waals surface area contributed by atoms with Crippen LogP contribution in [0.15, 0.2) is 24.7 Å². The van der Waals surface area contributed by atoms with Gasteiger partial charge in [-0.2, -0.15) is 0 Å². The van der Waals surface area contributed by atoms with Gasteiger partial charge < -0.3 is 9.47 Å². The molecule has 2 aromatic rings. The van der Waals surface area contributed by atoms with Crippen LogP contribution in [0, 0.1) is 0 Å². The van der Waals surface area contributed by atoms with E-state index < -0.39 is 0 Å². The molecular formula is C16H24N6. The Balaban J connectivity index is 1.76. The molecular weight excluding hydrogens is 276 g/mol. The lowest BCUT2D eigenvalue weighted by molar-refractivity contribution is 0.231. The van der Waals surface area contributed by atoms with E-state index in [-0.39, 0.29) is 0 Å². The lowest BCUT2D eigenvalue weighted by Gasteiger charge is -2.23. The minimum atomic E-state index is 0.304. The Kier molecular flexibility index (Phi) is 4.49. The summed E-state index contributed by atoms with van der Waals surface area (Å²) in [5, 5.41) is 0. The molecule has 1 aliphatic rings. The lowest BCUT2D eigenvalue weighted by atomic mass is 10.2. The molecule has 22 heavy (non-hydrogen) atoms. The van der Waals surface area contributed by atoms with Crippen molar-refractivity contribution in [3.05, 3.63) is 42.0 Å². The van der Waals surface area contributed by atoms with Crippen molar-refractivity contribution >= 4 is 0 Å². The van der Waals surface area contributed by atoms with E-state index >= 15 is 0 Å². The van der Waals surface area contributed by atoms with E-state index in [0.717, 1.165) is 43.4 Å². The molecule has 0 radical (unpaired) electrons. The van der Waals surface area contributed by atoms with Crippen LogP contribution in [0.5, 0.6) is 0 Å². The number of aryl methyl sites for hydroxylation is 1. The monoisotopic (exact) mass is 300 g/mol. The van der Waals surface area contributed by atoms with Crippen molar-refractivity contribution in [1.29, 1.82) is 0 Å². The maximum atomic E-state index is 4.78. The third kappa shape index (κ3) is 3.34. The van der Waals surface area contributed by atoms with Crippen LogP contribution in [-0.4, -0.2) is 50.0 Å². The fraction of sp³-hybridized carbons (Fsp3) is 0.562. The van der Waals surface area contributed by atoms with E-state index in [9.17, 15) is 0 Å². The summed E-state index contributed by atoms with van der Waals surface area (Å²) >= 11 is 0. The van der Waals surface area contributed by atoms with Gasteiger partial charge in [0.15, 0.2) is 0 Å². The summed E-state index contributed by atoms with van der Waals surface area (Å²) in [5.41, 5.74) is 1.08. The van der Waals surface area contributed by atoms with Gasteiger partial charge in [-0.1, -0.05) is 0 Å². The Morgan fingerprint density at radius 2 is 2.14 bits per heavy atom. The maximum Gasteiger partial charge on any atom is 0.145 e. The molecule has 118 valence electrons. The topological polar surface area (TPSA) is 50.1 Å². The SMILES string of the molecule is CN(C)Cc1ccnc([C@@H]2CCCN2Cc2nccn2C)n1. The van der Waals surface area contributed by atoms with Gasteiger partial charge in [-0.15, -0.1) is 0 Å². The largest absolute Gasteiger partial charge is 0.337 e. The highest BCUT2D eigenvalue weighted by atomic mass is 15.2. The van der Waals surface area contributed by atoms with Gasteiger partial charge in [-0.3, -0.25) is 4.90 Å². The van der Waals surface area contributed by atoms with Crippen molar-refractivity contribution in [3.63, 3.8) is 0 Å². The van der Waals surface area contributed by atoms with E-state index in [1.165, 1.54) is 6.42 Å². The smallest absolute Gasteiger partial charge is 0.145 e. The molecule has 0 N–H and O–H groups in total. The van der Waals surface area contributed by atoms with E-state index in [4.69, 9.17) is 4.98 Å². The summed E-state index contributed by atoms with van der Waals surface area (Å²) in [7, 11) is 6.16. The standard InChI is InChI=1S/C16H24N6/c1-20(2)11-13-6-7-18-16(19-13)14-5-4-9-22(14)12-15-17-8-10-21(15)3/h6-8,10,14H,4-5,9,11-12H2,1-3H3/t14-/m0/s1. The molecule has 6 heteroatoms. The van der Waals surface area contributed by atoms with Gasteiger partial charge >= 0.3 is 0 Å². The molecule has 3 rings (SSSR count). The first kappa shape index (κ1) is 15.1. The Labute approximate surface area is 131 Å².